The third-order valence-electron chi connectivity index (χ3n) is 3.54. The highest BCUT2D eigenvalue weighted by Crippen LogP contribution is 2.22. The van der Waals surface area contributed by atoms with E-state index in [1.54, 1.807) is 0 Å². The maximum absolute atomic E-state index is 12.3. The van der Waals surface area contributed by atoms with Gasteiger partial charge in [-0.25, -0.2) is 0 Å². The van der Waals surface area contributed by atoms with Crippen molar-refractivity contribution in [3.05, 3.63) is 65.2 Å². The van der Waals surface area contributed by atoms with Gasteiger partial charge in [-0.05, 0) is 42.2 Å². The van der Waals surface area contributed by atoms with Crippen LogP contribution in [0.25, 0.3) is 0 Å². The van der Waals surface area contributed by atoms with Crippen molar-refractivity contribution in [3.8, 4) is 0 Å². The SMILES string of the molecule is CC(C)c1ccc(C(=O)Nc2ccccc2C(C)N)cc1. The molecule has 21 heavy (non-hydrogen) atoms. The summed E-state index contributed by atoms with van der Waals surface area (Å²) in [5.74, 6) is 0.347. The van der Waals surface area contributed by atoms with Crippen LogP contribution in [-0.4, -0.2) is 5.91 Å². The Hall–Kier alpha value is -2.13. The van der Waals surface area contributed by atoms with E-state index in [-0.39, 0.29) is 11.9 Å². The second kappa shape index (κ2) is 6.55. The summed E-state index contributed by atoms with van der Waals surface area (Å²) in [6.07, 6.45) is 0. The van der Waals surface area contributed by atoms with E-state index in [1.807, 2.05) is 55.5 Å². The predicted molar refractivity (Wildman–Crippen MR) is 87.5 cm³/mol. The molecule has 3 N–H and O–H groups in total. The summed E-state index contributed by atoms with van der Waals surface area (Å²) < 4.78 is 0. The Balaban J connectivity index is 2.18. The van der Waals surface area contributed by atoms with E-state index >= 15 is 0 Å². The van der Waals surface area contributed by atoms with Crippen LogP contribution < -0.4 is 11.1 Å². The van der Waals surface area contributed by atoms with Crippen LogP contribution in [0.1, 0.15) is 54.2 Å². The van der Waals surface area contributed by atoms with Crippen molar-refractivity contribution in [2.24, 2.45) is 5.73 Å². The van der Waals surface area contributed by atoms with E-state index in [9.17, 15) is 4.79 Å². The van der Waals surface area contributed by atoms with Crippen molar-refractivity contribution < 1.29 is 4.79 Å². The number of nitrogens with two attached hydrogens (primary N) is 1. The highest BCUT2D eigenvalue weighted by atomic mass is 16.1. The van der Waals surface area contributed by atoms with E-state index in [1.165, 1.54) is 5.56 Å². The molecule has 0 saturated heterocycles. The van der Waals surface area contributed by atoms with Gasteiger partial charge in [-0.2, -0.15) is 0 Å². The molecule has 0 radical (unpaired) electrons. The van der Waals surface area contributed by atoms with Crippen molar-refractivity contribution in [1.29, 1.82) is 0 Å². The molecule has 0 aliphatic carbocycles. The van der Waals surface area contributed by atoms with Gasteiger partial charge in [0.15, 0.2) is 0 Å². The molecule has 3 nitrogen and oxygen atoms in total. The van der Waals surface area contributed by atoms with Crippen LogP contribution in [0.15, 0.2) is 48.5 Å². The highest BCUT2D eigenvalue weighted by Gasteiger charge is 2.11. The zero-order valence-corrected chi connectivity index (χ0v) is 12.8. The van der Waals surface area contributed by atoms with Gasteiger partial charge in [-0.1, -0.05) is 44.2 Å². The lowest BCUT2D eigenvalue weighted by molar-refractivity contribution is 0.102. The number of para-hydroxylation sites is 1. The fourth-order valence-corrected chi connectivity index (χ4v) is 2.22. The van der Waals surface area contributed by atoms with Crippen LogP contribution >= 0.6 is 0 Å². The van der Waals surface area contributed by atoms with Crippen molar-refractivity contribution in [2.45, 2.75) is 32.7 Å². The van der Waals surface area contributed by atoms with Gasteiger partial charge in [-0.3, -0.25) is 4.79 Å². The zero-order valence-electron chi connectivity index (χ0n) is 12.8. The number of hydrogen-bond donors (Lipinski definition) is 2. The van der Waals surface area contributed by atoms with E-state index in [0.717, 1.165) is 11.3 Å². The number of nitrogens with one attached hydrogen (secondary N) is 1. The van der Waals surface area contributed by atoms with Crippen molar-refractivity contribution in [2.75, 3.05) is 5.32 Å². The van der Waals surface area contributed by atoms with Gasteiger partial charge in [-0.15, -0.1) is 0 Å². The van der Waals surface area contributed by atoms with Gasteiger partial charge >= 0.3 is 0 Å². The molecule has 0 aliphatic heterocycles. The average molecular weight is 282 g/mol. The summed E-state index contributed by atoms with van der Waals surface area (Å²) in [5, 5.41) is 2.94. The molecule has 0 saturated carbocycles. The van der Waals surface area contributed by atoms with Crippen LogP contribution in [0, 0.1) is 0 Å². The van der Waals surface area contributed by atoms with E-state index in [4.69, 9.17) is 5.73 Å². The van der Waals surface area contributed by atoms with Crippen LogP contribution in [0.5, 0.6) is 0 Å². The number of rotatable bonds is 4. The second-order valence-electron chi connectivity index (χ2n) is 5.61. The number of amides is 1. The highest BCUT2D eigenvalue weighted by molar-refractivity contribution is 6.04. The molecule has 110 valence electrons. The lowest BCUT2D eigenvalue weighted by Crippen LogP contribution is -2.15. The van der Waals surface area contributed by atoms with Crippen LogP contribution in [0.4, 0.5) is 5.69 Å². The smallest absolute Gasteiger partial charge is 0.255 e. The summed E-state index contributed by atoms with van der Waals surface area (Å²) in [7, 11) is 0. The van der Waals surface area contributed by atoms with Gasteiger partial charge < -0.3 is 11.1 Å². The van der Waals surface area contributed by atoms with Crippen molar-refractivity contribution >= 4 is 11.6 Å². The molecular formula is C18H22N2O. The molecule has 0 heterocycles. The van der Waals surface area contributed by atoms with Crippen LogP contribution in [0.2, 0.25) is 0 Å². The maximum Gasteiger partial charge on any atom is 0.255 e. The van der Waals surface area contributed by atoms with Crippen LogP contribution in [0.3, 0.4) is 0 Å². The minimum Gasteiger partial charge on any atom is -0.324 e. The van der Waals surface area contributed by atoms with Gasteiger partial charge in [0.25, 0.3) is 5.91 Å². The van der Waals surface area contributed by atoms with Crippen molar-refractivity contribution in [1.82, 2.24) is 0 Å². The lowest BCUT2D eigenvalue weighted by Gasteiger charge is -2.14. The average Bonchev–Trinajstić information content (AvgIpc) is 2.47. The number of hydrogen-bond acceptors (Lipinski definition) is 2. The molecule has 1 unspecified atom stereocenters. The Kier molecular flexibility index (Phi) is 4.76. The first kappa shape index (κ1) is 15.3. The lowest BCUT2D eigenvalue weighted by atomic mass is 10.0. The number of benzene rings is 2. The van der Waals surface area contributed by atoms with Crippen molar-refractivity contribution in [3.63, 3.8) is 0 Å². The molecule has 2 rings (SSSR count). The Morgan fingerprint density at radius 1 is 1.00 bits per heavy atom. The zero-order chi connectivity index (χ0) is 15.4. The summed E-state index contributed by atoms with van der Waals surface area (Å²) in [6.45, 7) is 6.17. The normalized spacial score (nSPS) is 12.2. The first-order valence-corrected chi connectivity index (χ1v) is 7.25. The molecule has 1 atom stereocenters. The molecule has 2 aromatic carbocycles. The fourth-order valence-electron chi connectivity index (χ4n) is 2.22. The number of carbonyl (C=O) groups is 1. The molecule has 1 amide bonds. The molecule has 3 heteroatoms. The predicted octanol–water partition coefficient (Wildman–Crippen LogP) is 4.08. The van der Waals surface area contributed by atoms with E-state index < -0.39 is 0 Å². The molecule has 2 aromatic rings. The van der Waals surface area contributed by atoms with Gasteiger partial charge in [0.1, 0.15) is 0 Å². The quantitative estimate of drug-likeness (QED) is 0.887. The third kappa shape index (κ3) is 3.70. The van der Waals surface area contributed by atoms with Gasteiger partial charge in [0.05, 0.1) is 0 Å². The Bertz CT molecular complexity index is 615. The maximum atomic E-state index is 12.3. The number of anilines is 1. The minimum atomic E-state index is -0.121. The molecule has 0 aliphatic rings. The molecular weight excluding hydrogens is 260 g/mol. The molecule has 0 spiro atoms. The topological polar surface area (TPSA) is 55.1 Å². The third-order valence-corrected chi connectivity index (χ3v) is 3.54. The summed E-state index contributed by atoms with van der Waals surface area (Å²) in [6, 6.07) is 15.2. The minimum absolute atomic E-state index is 0.113. The molecule has 0 bridgehead atoms. The summed E-state index contributed by atoms with van der Waals surface area (Å²) >= 11 is 0. The molecule has 0 aromatic heterocycles. The van der Waals surface area contributed by atoms with Gasteiger partial charge in [0, 0.05) is 17.3 Å². The van der Waals surface area contributed by atoms with E-state index in [2.05, 4.69) is 19.2 Å². The fraction of sp³-hybridized carbons (Fsp3) is 0.278. The van der Waals surface area contributed by atoms with E-state index in [0.29, 0.717) is 11.5 Å². The molecule has 0 fully saturated rings. The standard InChI is InChI=1S/C18H22N2O/c1-12(2)14-8-10-15(11-9-14)18(21)20-17-7-5-4-6-16(17)13(3)19/h4-13H,19H2,1-3H3,(H,20,21). The number of carbonyl (C=O) groups excluding carboxylic acids is 1. The second-order valence-corrected chi connectivity index (χ2v) is 5.61. The Morgan fingerprint density at radius 2 is 1.62 bits per heavy atom. The largest absolute Gasteiger partial charge is 0.324 e. The Labute approximate surface area is 126 Å². The monoisotopic (exact) mass is 282 g/mol. The Morgan fingerprint density at radius 3 is 2.19 bits per heavy atom. The summed E-state index contributed by atoms with van der Waals surface area (Å²) in [5.41, 5.74) is 9.51. The summed E-state index contributed by atoms with van der Waals surface area (Å²) in [4.78, 5) is 12.3. The van der Waals surface area contributed by atoms with Gasteiger partial charge in [0.2, 0.25) is 0 Å². The van der Waals surface area contributed by atoms with Crippen LogP contribution in [-0.2, 0) is 0 Å². The first-order valence-electron chi connectivity index (χ1n) is 7.25. The first-order chi connectivity index (χ1) is 9.99.